The van der Waals surface area contributed by atoms with Crippen molar-refractivity contribution in [3.63, 3.8) is 0 Å². The fourth-order valence-corrected chi connectivity index (χ4v) is 2.16. The SMILES string of the molecule is Nc1ccc2c(c1)CC(=O)N2CCCOCC(F)(F)F. The summed E-state index contributed by atoms with van der Waals surface area (Å²) in [4.78, 5) is 13.4. The normalized spacial score (nSPS) is 14.8. The maximum Gasteiger partial charge on any atom is 0.411 e. The molecule has 0 fully saturated rings. The van der Waals surface area contributed by atoms with E-state index in [0.29, 0.717) is 18.7 Å². The number of carbonyl (C=O) groups excluding carboxylic acids is 1. The molecule has 0 saturated carbocycles. The molecule has 110 valence electrons. The van der Waals surface area contributed by atoms with Crippen molar-refractivity contribution >= 4 is 17.3 Å². The van der Waals surface area contributed by atoms with Gasteiger partial charge in [0.1, 0.15) is 6.61 Å². The Morgan fingerprint density at radius 1 is 1.35 bits per heavy atom. The molecule has 2 rings (SSSR count). The molecule has 0 unspecified atom stereocenters. The first-order valence-corrected chi connectivity index (χ1v) is 6.20. The fraction of sp³-hybridized carbons (Fsp3) is 0.462. The van der Waals surface area contributed by atoms with Gasteiger partial charge in [0.2, 0.25) is 5.91 Å². The van der Waals surface area contributed by atoms with Crippen LogP contribution in [0.15, 0.2) is 18.2 Å². The maximum absolute atomic E-state index is 11.9. The van der Waals surface area contributed by atoms with E-state index < -0.39 is 12.8 Å². The summed E-state index contributed by atoms with van der Waals surface area (Å²) in [7, 11) is 0. The Morgan fingerprint density at radius 3 is 2.80 bits per heavy atom. The van der Waals surface area contributed by atoms with Crippen LogP contribution in [0.5, 0.6) is 0 Å². The predicted molar refractivity (Wildman–Crippen MR) is 68.4 cm³/mol. The molecule has 4 nitrogen and oxygen atoms in total. The van der Waals surface area contributed by atoms with Crippen LogP contribution in [0.4, 0.5) is 24.5 Å². The van der Waals surface area contributed by atoms with Crippen molar-refractivity contribution in [1.29, 1.82) is 0 Å². The Morgan fingerprint density at radius 2 is 2.10 bits per heavy atom. The van der Waals surface area contributed by atoms with Gasteiger partial charge in [-0.15, -0.1) is 0 Å². The summed E-state index contributed by atoms with van der Waals surface area (Å²) in [5.74, 6) is -0.0681. The molecule has 1 aromatic rings. The third-order valence-electron chi connectivity index (χ3n) is 2.97. The summed E-state index contributed by atoms with van der Waals surface area (Å²) >= 11 is 0. The first-order valence-electron chi connectivity index (χ1n) is 6.20. The molecule has 0 spiro atoms. The van der Waals surface area contributed by atoms with Crippen molar-refractivity contribution in [2.24, 2.45) is 0 Å². The quantitative estimate of drug-likeness (QED) is 0.667. The molecule has 0 atom stereocenters. The standard InChI is InChI=1S/C13H15F3N2O2/c14-13(15,16)8-20-5-1-4-18-11-3-2-10(17)6-9(11)7-12(18)19/h2-3,6H,1,4-5,7-8,17H2. The van der Waals surface area contributed by atoms with E-state index >= 15 is 0 Å². The molecular weight excluding hydrogens is 273 g/mol. The first-order chi connectivity index (χ1) is 9.37. The second kappa shape index (κ2) is 5.70. The molecule has 0 radical (unpaired) electrons. The highest BCUT2D eigenvalue weighted by molar-refractivity contribution is 6.01. The van der Waals surface area contributed by atoms with Crippen molar-refractivity contribution in [2.45, 2.75) is 19.0 Å². The van der Waals surface area contributed by atoms with Crippen LogP contribution >= 0.6 is 0 Å². The molecule has 0 bridgehead atoms. The number of benzene rings is 1. The highest BCUT2D eigenvalue weighted by Crippen LogP contribution is 2.30. The highest BCUT2D eigenvalue weighted by Gasteiger charge is 2.28. The van der Waals surface area contributed by atoms with Crippen LogP contribution in [0.25, 0.3) is 0 Å². The zero-order valence-corrected chi connectivity index (χ0v) is 10.7. The Hall–Kier alpha value is -1.76. The fourth-order valence-electron chi connectivity index (χ4n) is 2.16. The number of carbonyl (C=O) groups is 1. The maximum atomic E-state index is 11.9. The molecule has 0 aliphatic carbocycles. The molecule has 1 aliphatic heterocycles. The van der Waals surface area contributed by atoms with Crippen molar-refractivity contribution in [3.05, 3.63) is 23.8 Å². The summed E-state index contributed by atoms with van der Waals surface area (Å²) in [6.45, 7) is -0.949. The molecular formula is C13H15F3N2O2. The Kier molecular flexibility index (Phi) is 4.17. The van der Waals surface area contributed by atoms with E-state index in [1.807, 2.05) is 0 Å². The minimum atomic E-state index is -4.31. The number of anilines is 2. The third kappa shape index (κ3) is 3.63. The zero-order valence-electron chi connectivity index (χ0n) is 10.7. The summed E-state index contributed by atoms with van der Waals surface area (Å²) in [6, 6.07) is 5.20. The van der Waals surface area contributed by atoms with Crippen LogP contribution in [0.3, 0.4) is 0 Å². The summed E-state index contributed by atoms with van der Waals surface area (Å²) < 4.78 is 40.2. The number of ether oxygens (including phenoxy) is 1. The van der Waals surface area contributed by atoms with Crippen molar-refractivity contribution in [1.82, 2.24) is 0 Å². The number of rotatable bonds is 5. The van der Waals surface area contributed by atoms with Crippen molar-refractivity contribution < 1.29 is 22.7 Å². The highest BCUT2D eigenvalue weighted by atomic mass is 19.4. The number of hydrogen-bond acceptors (Lipinski definition) is 3. The number of nitrogens with zero attached hydrogens (tertiary/aromatic N) is 1. The van der Waals surface area contributed by atoms with Crippen LogP contribution in [-0.4, -0.2) is 31.8 Å². The molecule has 1 amide bonds. The van der Waals surface area contributed by atoms with Gasteiger partial charge in [-0.1, -0.05) is 0 Å². The van der Waals surface area contributed by atoms with Crippen molar-refractivity contribution in [3.8, 4) is 0 Å². The van der Waals surface area contributed by atoms with E-state index in [-0.39, 0.29) is 18.9 Å². The average molecular weight is 288 g/mol. The van der Waals surface area contributed by atoms with E-state index in [2.05, 4.69) is 4.74 Å². The van der Waals surface area contributed by atoms with Gasteiger partial charge in [0.25, 0.3) is 0 Å². The van der Waals surface area contributed by atoms with E-state index in [0.717, 1.165) is 11.3 Å². The Balaban J connectivity index is 1.84. The van der Waals surface area contributed by atoms with E-state index in [1.165, 1.54) is 0 Å². The lowest BCUT2D eigenvalue weighted by atomic mass is 10.1. The number of nitrogen functional groups attached to an aromatic ring is 1. The molecule has 1 aliphatic rings. The second-order valence-electron chi connectivity index (χ2n) is 4.63. The van der Waals surface area contributed by atoms with Gasteiger partial charge in [-0.25, -0.2) is 0 Å². The predicted octanol–water partition coefficient (Wildman–Crippen LogP) is 2.13. The minimum absolute atomic E-state index is 0.0341. The number of hydrogen-bond donors (Lipinski definition) is 1. The summed E-state index contributed by atoms with van der Waals surface area (Å²) in [5, 5.41) is 0. The number of fused-ring (bicyclic) bond motifs is 1. The molecule has 2 N–H and O–H groups in total. The lowest BCUT2D eigenvalue weighted by Gasteiger charge is -2.17. The first kappa shape index (κ1) is 14.6. The van der Waals surface area contributed by atoms with Crippen molar-refractivity contribution in [2.75, 3.05) is 30.4 Å². The van der Waals surface area contributed by atoms with E-state index in [4.69, 9.17) is 5.73 Å². The molecule has 1 heterocycles. The number of nitrogens with two attached hydrogens (primary N) is 1. The molecule has 1 aromatic carbocycles. The smallest absolute Gasteiger partial charge is 0.399 e. The molecule has 0 saturated heterocycles. The Bertz CT molecular complexity index is 503. The van der Waals surface area contributed by atoms with Gasteiger partial charge in [-0.05, 0) is 30.2 Å². The second-order valence-corrected chi connectivity index (χ2v) is 4.63. The third-order valence-corrected chi connectivity index (χ3v) is 2.97. The Labute approximate surface area is 114 Å². The van der Waals surface area contributed by atoms with E-state index in [1.54, 1.807) is 23.1 Å². The molecule has 7 heteroatoms. The van der Waals surface area contributed by atoms with Gasteiger partial charge < -0.3 is 15.4 Å². The lowest BCUT2D eigenvalue weighted by molar-refractivity contribution is -0.173. The zero-order chi connectivity index (χ0) is 14.8. The minimum Gasteiger partial charge on any atom is -0.399 e. The molecule has 20 heavy (non-hydrogen) atoms. The lowest BCUT2D eigenvalue weighted by Crippen LogP contribution is -2.29. The largest absolute Gasteiger partial charge is 0.411 e. The van der Waals surface area contributed by atoms with Gasteiger partial charge >= 0.3 is 6.18 Å². The summed E-state index contributed by atoms with van der Waals surface area (Å²) in [5.41, 5.74) is 7.87. The van der Waals surface area contributed by atoms with Crippen LogP contribution in [0.1, 0.15) is 12.0 Å². The van der Waals surface area contributed by atoms with Crippen LogP contribution in [0.2, 0.25) is 0 Å². The van der Waals surface area contributed by atoms with E-state index in [9.17, 15) is 18.0 Å². The number of amides is 1. The number of alkyl halides is 3. The average Bonchev–Trinajstić information content (AvgIpc) is 2.63. The monoisotopic (exact) mass is 288 g/mol. The van der Waals surface area contributed by atoms with Gasteiger partial charge in [0, 0.05) is 24.5 Å². The van der Waals surface area contributed by atoms with Gasteiger partial charge in [0.15, 0.2) is 0 Å². The van der Waals surface area contributed by atoms with Crippen LogP contribution in [-0.2, 0) is 16.0 Å². The topological polar surface area (TPSA) is 55.6 Å². The van der Waals surface area contributed by atoms with Gasteiger partial charge in [0.05, 0.1) is 6.42 Å². The number of halogens is 3. The van der Waals surface area contributed by atoms with Crippen LogP contribution < -0.4 is 10.6 Å². The van der Waals surface area contributed by atoms with Gasteiger partial charge in [-0.2, -0.15) is 13.2 Å². The molecule has 0 aromatic heterocycles. The van der Waals surface area contributed by atoms with Crippen LogP contribution in [0, 0.1) is 0 Å². The summed E-state index contributed by atoms with van der Waals surface area (Å²) in [6.07, 6.45) is -3.68. The van der Waals surface area contributed by atoms with Gasteiger partial charge in [-0.3, -0.25) is 4.79 Å².